The van der Waals surface area contributed by atoms with E-state index in [1.807, 2.05) is 6.07 Å². The Bertz CT molecular complexity index is 527. The highest BCUT2D eigenvalue weighted by Crippen LogP contribution is 2.20. The van der Waals surface area contributed by atoms with Gasteiger partial charge in [-0.05, 0) is 13.3 Å². The average molecular weight is 258 g/mol. The standard InChI is InChI=1S/C15H18N2O2/c1-11-2-4-12(5-3-11)15-8-14(17-19-15)9-16-13-6-7-18-10-13/h2-5,8,13,16H,6-7,9-10H2,1H3/t13-/m1/s1. The van der Waals surface area contributed by atoms with Gasteiger partial charge in [0.25, 0.3) is 0 Å². The van der Waals surface area contributed by atoms with Crippen molar-refractivity contribution in [3.63, 3.8) is 0 Å². The fourth-order valence-corrected chi connectivity index (χ4v) is 2.19. The monoisotopic (exact) mass is 258 g/mol. The number of aromatic nitrogens is 1. The van der Waals surface area contributed by atoms with Gasteiger partial charge in [-0.15, -0.1) is 0 Å². The highest BCUT2D eigenvalue weighted by Gasteiger charge is 2.15. The Balaban J connectivity index is 1.63. The summed E-state index contributed by atoms with van der Waals surface area (Å²) in [6.45, 7) is 4.44. The predicted octanol–water partition coefficient (Wildman–Crippen LogP) is 2.53. The second kappa shape index (κ2) is 5.55. The summed E-state index contributed by atoms with van der Waals surface area (Å²) in [6.07, 6.45) is 1.07. The van der Waals surface area contributed by atoms with E-state index in [1.165, 1.54) is 5.56 Å². The lowest BCUT2D eigenvalue weighted by atomic mass is 10.1. The van der Waals surface area contributed by atoms with Crippen LogP contribution in [-0.4, -0.2) is 24.4 Å². The van der Waals surface area contributed by atoms with Crippen molar-refractivity contribution in [2.24, 2.45) is 0 Å². The van der Waals surface area contributed by atoms with Gasteiger partial charge in [0, 0.05) is 30.8 Å². The topological polar surface area (TPSA) is 47.3 Å². The molecule has 3 rings (SSSR count). The normalized spacial score (nSPS) is 18.9. The maximum Gasteiger partial charge on any atom is 0.167 e. The molecule has 1 fully saturated rings. The smallest absolute Gasteiger partial charge is 0.167 e. The van der Waals surface area contributed by atoms with Gasteiger partial charge in [0.15, 0.2) is 5.76 Å². The Morgan fingerprint density at radius 1 is 1.32 bits per heavy atom. The van der Waals surface area contributed by atoms with Crippen LogP contribution in [0.1, 0.15) is 17.7 Å². The van der Waals surface area contributed by atoms with Crippen LogP contribution in [-0.2, 0) is 11.3 Å². The maximum atomic E-state index is 5.38. The highest BCUT2D eigenvalue weighted by molar-refractivity contribution is 5.57. The summed E-state index contributed by atoms with van der Waals surface area (Å²) in [4.78, 5) is 0. The molecule has 0 radical (unpaired) electrons. The number of hydrogen-bond acceptors (Lipinski definition) is 4. The minimum atomic E-state index is 0.444. The summed E-state index contributed by atoms with van der Waals surface area (Å²) in [6, 6.07) is 10.7. The zero-order chi connectivity index (χ0) is 13.1. The van der Waals surface area contributed by atoms with Gasteiger partial charge in [-0.3, -0.25) is 0 Å². The van der Waals surface area contributed by atoms with E-state index in [0.29, 0.717) is 6.04 Å². The van der Waals surface area contributed by atoms with Gasteiger partial charge in [-0.2, -0.15) is 0 Å². The SMILES string of the molecule is Cc1ccc(-c2cc(CN[C@@H]3CCOC3)no2)cc1. The van der Waals surface area contributed by atoms with Gasteiger partial charge in [-0.25, -0.2) is 0 Å². The van der Waals surface area contributed by atoms with Crippen molar-refractivity contribution in [1.29, 1.82) is 0 Å². The maximum absolute atomic E-state index is 5.38. The van der Waals surface area contributed by atoms with Crippen LogP contribution in [0.2, 0.25) is 0 Å². The molecular weight excluding hydrogens is 240 g/mol. The number of hydrogen-bond donors (Lipinski definition) is 1. The third kappa shape index (κ3) is 3.03. The quantitative estimate of drug-likeness (QED) is 0.915. The van der Waals surface area contributed by atoms with Crippen molar-refractivity contribution in [3.05, 3.63) is 41.6 Å². The van der Waals surface area contributed by atoms with E-state index in [-0.39, 0.29) is 0 Å². The molecule has 4 heteroatoms. The summed E-state index contributed by atoms with van der Waals surface area (Å²) in [5, 5.41) is 7.52. The first-order valence-corrected chi connectivity index (χ1v) is 6.65. The van der Waals surface area contributed by atoms with Crippen molar-refractivity contribution in [1.82, 2.24) is 10.5 Å². The van der Waals surface area contributed by atoms with Gasteiger partial charge < -0.3 is 14.6 Å². The molecule has 0 aliphatic carbocycles. The lowest BCUT2D eigenvalue weighted by Crippen LogP contribution is -2.28. The van der Waals surface area contributed by atoms with Crippen LogP contribution in [0.25, 0.3) is 11.3 Å². The molecule has 0 amide bonds. The van der Waals surface area contributed by atoms with Gasteiger partial charge in [0.1, 0.15) is 0 Å². The summed E-state index contributed by atoms with van der Waals surface area (Å²) in [5.41, 5.74) is 3.24. The molecule has 2 aromatic rings. The minimum Gasteiger partial charge on any atom is -0.380 e. The van der Waals surface area contributed by atoms with Crippen LogP contribution in [0.5, 0.6) is 0 Å². The number of ether oxygens (including phenoxy) is 1. The molecular formula is C15H18N2O2. The van der Waals surface area contributed by atoms with E-state index in [9.17, 15) is 0 Å². The first kappa shape index (κ1) is 12.4. The second-order valence-electron chi connectivity index (χ2n) is 4.99. The van der Waals surface area contributed by atoms with Gasteiger partial charge >= 0.3 is 0 Å². The number of nitrogens with zero attached hydrogens (tertiary/aromatic N) is 1. The van der Waals surface area contributed by atoms with E-state index >= 15 is 0 Å². The zero-order valence-corrected chi connectivity index (χ0v) is 11.1. The third-order valence-corrected chi connectivity index (χ3v) is 3.40. The molecule has 2 heterocycles. The zero-order valence-electron chi connectivity index (χ0n) is 11.1. The van der Waals surface area contributed by atoms with Crippen LogP contribution in [0, 0.1) is 6.92 Å². The van der Waals surface area contributed by atoms with Crippen molar-refractivity contribution in [2.45, 2.75) is 25.9 Å². The fraction of sp³-hybridized carbons (Fsp3) is 0.400. The van der Waals surface area contributed by atoms with Gasteiger partial charge in [-0.1, -0.05) is 35.0 Å². The second-order valence-corrected chi connectivity index (χ2v) is 4.99. The van der Waals surface area contributed by atoms with Crippen molar-refractivity contribution >= 4 is 0 Å². The Kier molecular flexibility index (Phi) is 3.62. The number of rotatable bonds is 4. The summed E-state index contributed by atoms with van der Waals surface area (Å²) >= 11 is 0. The third-order valence-electron chi connectivity index (χ3n) is 3.40. The van der Waals surface area contributed by atoms with Crippen LogP contribution in [0.3, 0.4) is 0 Å². The van der Waals surface area contributed by atoms with E-state index in [0.717, 1.165) is 43.2 Å². The molecule has 1 aliphatic heterocycles. The Morgan fingerprint density at radius 3 is 2.89 bits per heavy atom. The largest absolute Gasteiger partial charge is 0.380 e. The first-order chi connectivity index (χ1) is 9.31. The molecule has 0 bridgehead atoms. The molecule has 0 saturated carbocycles. The van der Waals surface area contributed by atoms with Crippen LogP contribution in [0.15, 0.2) is 34.9 Å². The molecule has 0 spiro atoms. The Morgan fingerprint density at radius 2 is 2.16 bits per heavy atom. The summed E-state index contributed by atoms with van der Waals surface area (Å²) in [5.74, 6) is 0.819. The van der Waals surface area contributed by atoms with Crippen molar-refractivity contribution in [3.8, 4) is 11.3 Å². The van der Waals surface area contributed by atoms with Gasteiger partial charge in [0.05, 0.1) is 12.3 Å². The van der Waals surface area contributed by atoms with E-state index < -0.39 is 0 Å². The van der Waals surface area contributed by atoms with E-state index in [4.69, 9.17) is 9.26 Å². The Hall–Kier alpha value is -1.65. The molecule has 100 valence electrons. The van der Waals surface area contributed by atoms with Crippen molar-refractivity contribution in [2.75, 3.05) is 13.2 Å². The number of nitrogens with one attached hydrogen (secondary N) is 1. The molecule has 1 saturated heterocycles. The van der Waals surface area contributed by atoms with E-state index in [1.54, 1.807) is 0 Å². The van der Waals surface area contributed by atoms with Crippen LogP contribution < -0.4 is 5.32 Å². The summed E-state index contributed by atoms with van der Waals surface area (Å²) in [7, 11) is 0. The average Bonchev–Trinajstić information content (AvgIpc) is 3.09. The van der Waals surface area contributed by atoms with E-state index in [2.05, 4.69) is 41.7 Å². The molecule has 0 unspecified atom stereocenters. The van der Waals surface area contributed by atoms with Crippen LogP contribution >= 0.6 is 0 Å². The van der Waals surface area contributed by atoms with Crippen LogP contribution in [0.4, 0.5) is 0 Å². The molecule has 1 N–H and O–H groups in total. The summed E-state index contributed by atoms with van der Waals surface area (Å²) < 4.78 is 10.7. The van der Waals surface area contributed by atoms with Gasteiger partial charge in [0.2, 0.25) is 0 Å². The van der Waals surface area contributed by atoms with Crippen molar-refractivity contribution < 1.29 is 9.26 Å². The molecule has 1 atom stereocenters. The molecule has 1 aromatic carbocycles. The molecule has 4 nitrogen and oxygen atoms in total. The fourth-order valence-electron chi connectivity index (χ4n) is 2.19. The highest BCUT2D eigenvalue weighted by atomic mass is 16.5. The number of benzene rings is 1. The number of aryl methyl sites for hydroxylation is 1. The molecule has 19 heavy (non-hydrogen) atoms. The first-order valence-electron chi connectivity index (χ1n) is 6.65. The Labute approximate surface area is 112 Å². The lowest BCUT2D eigenvalue weighted by Gasteiger charge is -2.07. The lowest BCUT2D eigenvalue weighted by molar-refractivity contribution is 0.189. The minimum absolute atomic E-state index is 0.444. The predicted molar refractivity (Wildman–Crippen MR) is 72.7 cm³/mol. The molecule has 1 aliphatic rings. The molecule has 1 aromatic heterocycles.